The Morgan fingerprint density at radius 1 is 1.27 bits per heavy atom. The van der Waals surface area contributed by atoms with Crippen LogP contribution >= 0.6 is 0 Å². The first-order valence-corrected chi connectivity index (χ1v) is 7.80. The van der Waals surface area contributed by atoms with E-state index in [4.69, 9.17) is 18.9 Å². The van der Waals surface area contributed by atoms with Gasteiger partial charge in [-0.3, -0.25) is 9.59 Å². The first-order valence-electron chi connectivity index (χ1n) is 7.80. The first-order chi connectivity index (χ1) is 10.0. The maximum Gasteiger partial charge on any atom is 0.314 e. The van der Waals surface area contributed by atoms with Gasteiger partial charge in [-0.15, -0.1) is 0 Å². The van der Waals surface area contributed by atoms with Gasteiger partial charge in [0.15, 0.2) is 5.60 Å². The molecule has 7 atom stereocenters. The number of fused-ring (bicyclic) bond motifs is 6. The van der Waals surface area contributed by atoms with Gasteiger partial charge in [0, 0.05) is 13.8 Å². The molecule has 0 amide bonds. The van der Waals surface area contributed by atoms with E-state index in [0.717, 1.165) is 0 Å². The molecule has 4 bridgehead atoms. The first kappa shape index (κ1) is 15.7. The van der Waals surface area contributed by atoms with Crippen LogP contribution in [0.1, 0.15) is 48.0 Å². The molecule has 22 heavy (non-hydrogen) atoms. The summed E-state index contributed by atoms with van der Waals surface area (Å²) in [5.74, 6) is -2.26. The molecule has 124 valence electrons. The lowest BCUT2D eigenvalue weighted by molar-refractivity contribution is -0.456. The molecule has 0 aromatic carbocycles. The maximum absolute atomic E-state index is 12.3. The Labute approximate surface area is 130 Å². The van der Waals surface area contributed by atoms with Gasteiger partial charge in [-0.1, -0.05) is 6.92 Å². The Balaban J connectivity index is 2.09. The Bertz CT molecular complexity index is 533. The van der Waals surface area contributed by atoms with Crippen molar-refractivity contribution in [1.82, 2.24) is 0 Å². The molecule has 6 nitrogen and oxygen atoms in total. The number of esters is 2. The fourth-order valence-corrected chi connectivity index (χ4v) is 4.45. The molecule has 3 aliphatic heterocycles. The minimum absolute atomic E-state index is 0.0716. The van der Waals surface area contributed by atoms with E-state index in [0.29, 0.717) is 6.42 Å². The van der Waals surface area contributed by atoms with Crippen molar-refractivity contribution in [2.24, 2.45) is 11.8 Å². The highest BCUT2D eigenvalue weighted by atomic mass is 16.8. The number of rotatable bonds is 1. The van der Waals surface area contributed by atoms with Crippen molar-refractivity contribution in [1.29, 1.82) is 0 Å². The van der Waals surface area contributed by atoms with Crippen LogP contribution in [0.5, 0.6) is 0 Å². The summed E-state index contributed by atoms with van der Waals surface area (Å²) in [5.41, 5.74) is -1.65. The molecule has 6 heteroatoms. The predicted octanol–water partition coefficient (Wildman–Crippen LogP) is 1.80. The third-order valence-electron chi connectivity index (χ3n) is 5.50. The van der Waals surface area contributed by atoms with Gasteiger partial charge in [-0.2, -0.15) is 0 Å². The van der Waals surface area contributed by atoms with E-state index < -0.39 is 23.1 Å². The van der Waals surface area contributed by atoms with Gasteiger partial charge in [0.05, 0.1) is 11.5 Å². The topological polar surface area (TPSA) is 71.1 Å². The summed E-state index contributed by atoms with van der Waals surface area (Å²) in [7, 11) is 0. The van der Waals surface area contributed by atoms with Gasteiger partial charge in [0.25, 0.3) is 0 Å². The molecule has 3 unspecified atom stereocenters. The van der Waals surface area contributed by atoms with Gasteiger partial charge in [-0.05, 0) is 33.1 Å². The predicted molar refractivity (Wildman–Crippen MR) is 75.8 cm³/mol. The van der Waals surface area contributed by atoms with E-state index in [1.165, 1.54) is 6.92 Å². The number of ether oxygens (including phenoxy) is 4. The summed E-state index contributed by atoms with van der Waals surface area (Å²) in [6.07, 6.45) is -0.253. The Morgan fingerprint density at radius 3 is 2.50 bits per heavy atom. The van der Waals surface area contributed by atoms with Crippen molar-refractivity contribution < 1.29 is 28.5 Å². The molecule has 0 radical (unpaired) electrons. The summed E-state index contributed by atoms with van der Waals surface area (Å²) in [4.78, 5) is 23.8. The SMILES string of the molecule is CC(=O)OC1C(C)C[C@@]2(C)O[C@]1(C)[C@]1(C)OC(=O)C(C)[C@@H]2O1. The molecule has 0 saturated carbocycles. The smallest absolute Gasteiger partial charge is 0.314 e. The molecular weight excluding hydrogens is 288 g/mol. The molecule has 0 aromatic heterocycles. The van der Waals surface area contributed by atoms with Gasteiger partial charge < -0.3 is 18.9 Å². The molecule has 0 aromatic rings. The van der Waals surface area contributed by atoms with Crippen molar-refractivity contribution in [3.8, 4) is 0 Å². The van der Waals surface area contributed by atoms with Gasteiger partial charge >= 0.3 is 11.9 Å². The molecule has 0 aliphatic carbocycles. The molecule has 0 spiro atoms. The average molecular weight is 312 g/mol. The van der Waals surface area contributed by atoms with Crippen LogP contribution in [0.3, 0.4) is 0 Å². The Morgan fingerprint density at radius 2 is 1.91 bits per heavy atom. The molecule has 3 fully saturated rings. The Kier molecular flexibility index (Phi) is 3.18. The van der Waals surface area contributed by atoms with Crippen molar-refractivity contribution >= 4 is 11.9 Å². The summed E-state index contributed by atoms with van der Waals surface area (Å²) in [6.45, 7) is 10.7. The van der Waals surface area contributed by atoms with Crippen molar-refractivity contribution in [2.75, 3.05) is 0 Å². The second-order valence-corrected chi connectivity index (χ2v) is 7.43. The van der Waals surface area contributed by atoms with Crippen LogP contribution in [-0.4, -0.2) is 41.1 Å². The van der Waals surface area contributed by atoms with E-state index >= 15 is 0 Å². The number of carbonyl (C=O) groups is 2. The van der Waals surface area contributed by atoms with Crippen LogP contribution in [0.2, 0.25) is 0 Å². The van der Waals surface area contributed by atoms with Crippen LogP contribution < -0.4 is 0 Å². The van der Waals surface area contributed by atoms with E-state index in [1.807, 2.05) is 13.8 Å². The zero-order chi connectivity index (χ0) is 16.5. The number of hydrogen-bond donors (Lipinski definition) is 0. The van der Waals surface area contributed by atoms with Gasteiger partial charge in [-0.25, -0.2) is 0 Å². The molecule has 3 heterocycles. The molecule has 3 rings (SSSR count). The summed E-state index contributed by atoms with van der Waals surface area (Å²) in [6, 6.07) is 0. The molecule has 3 aliphatic rings. The third kappa shape index (κ3) is 1.86. The standard InChI is InChI=1S/C16H24O6/c1-8-7-14(4)12-9(2)13(18)21-16(6,20-12)15(5,22-14)11(8)19-10(3)17/h8-9,11-12H,7H2,1-6H3/t8?,9?,11?,12-,14+,15-,16-/m0/s1. The quantitative estimate of drug-likeness (QED) is 0.688. The maximum atomic E-state index is 12.3. The van der Waals surface area contributed by atoms with Gasteiger partial charge in [0.2, 0.25) is 5.79 Å². The van der Waals surface area contributed by atoms with Crippen LogP contribution in [0.25, 0.3) is 0 Å². The lowest BCUT2D eigenvalue weighted by Gasteiger charge is -2.65. The van der Waals surface area contributed by atoms with E-state index in [2.05, 4.69) is 0 Å². The largest absolute Gasteiger partial charge is 0.459 e. The normalized spacial score (nSPS) is 53.6. The van der Waals surface area contributed by atoms with Crippen LogP contribution in [-0.2, 0) is 28.5 Å². The van der Waals surface area contributed by atoms with Crippen LogP contribution in [0.4, 0.5) is 0 Å². The van der Waals surface area contributed by atoms with E-state index in [1.54, 1.807) is 20.8 Å². The van der Waals surface area contributed by atoms with E-state index in [9.17, 15) is 9.59 Å². The fourth-order valence-electron chi connectivity index (χ4n) is 4.45. The third-order valence-corrected chi connectivity index (χ3v) is 5.50. The monoisotopic (exact) mass is 312 g/mol. The highest BCUT2D eigenvalue weighted by Crippen LogP contribution is 2.57. The number of hydrogen-bond acceptors (Lipinski definition) is 6. The lowest BCUT2D eigenvalue weighted by atomic mass is 9.68. The second-order valence-electron chi connectivity index (χ2n) is 7.43. The molecular formula is C16H24O6. The highest BCUT2D eigenvalue weighted by molar-refractivity contribution is 5.74. The summed E-state index contributed by atoms with van der Waals surface area (Å²) < 4.78 is 23.7. The average Bonchev–Trinajstić information content (AvgIpc) is 2.37. The fraction of sp³-hybridized carbons (Fsp3) is 0.875. The van der Waals surface area contributed by atoms with E-state index in [-0.39, 0.29) is 29.9 Å². The summed E-state index contributed by atoms with van der Waals surface area (Å²) >= 11 is 0. The van der Waals surface area contributed by atoms with Crippen LogP contribution in [0.15, 0.2) is 0 Å². The minimum atomic E-state index is -1.27. The van der Waals surface area contributed by atoms with Crippen molar-refractivity contribution in [2.45, 2.75) is 77.2 Å². The second kappa shape index (κ2) is 4.45. The lowest BCUT2D eigenvalue weighted by Crippen LogP contribution is -2.80. The summed E-state index contributed by atoms with van der Waals surface area (Å²) in [5, 5.41) is 0. The van der Waals surface area contributed by atoms with Crippen molar-refractivity contribution in [3.63, 3.8) is 0 Å². The van der Waals surface area contributed by atoms with Crippen LogP contribution in [0, 0.1) is 11.8 Å². The highest BCUT2D eigenvalue weighted by Gasteiger charge is 2.72. The zero-order valence-electron chi connectivity index (χ0n) is 14.0. The van der Waals surface area contributed by atoms with Gasteiger partial charge in [0.1, 0.15) is 12.2 Å². The zero-order valence-corrected chi connectivity index (χ0v) is 14.0. The molecule has 3 saturated heterocycles. The minimum Gasteiger partial charge on any atom is -0.459 e. The Hall–Kier alpha value is -1.14. The van der Waals surface area contributed by atoms with Crippen molar-refractivity contribution in [3.05, 3.63) is 0 Å². The molecule has 0 N–H and O–H groups in total. The number of carbonyl (C=O) groups excluding carboxylic acids is 2.